The van der Waals surface area contributed by atoms with Gasteiger partial charge < -0.3 is 5.73 Å². The number of rotatable bonds is 2. The summed E-state index contributed by atoms with van der Waals surface area (Å²) in [5, 5.41) is 2.36. The summed E-state index contributed by atoms with van der Waals surface area (Å²) in [5.74, 6) is -0.439. The van der Waals surface area contributed by atoms with E-state index in [-0.39, 0.29) is 11.8 Å². The van der Waals surface area contributed by atoms with E-state index in [1.54, 1.807) is 0 Å². The number of hydrogen-bond acceptors (Lipinski definition) is 5. The summed E-state index contributed by atoms with van der Waals surface area (Å²) in [4.78, 5) is 32.4. The van der Waals surface area contributed by atoms with Gasteiger partial charge in [0.25, 0.3) is 0 Å². The van der Waals surface area contributed by atoms with Crippen molar-refractivity contribution in [3.8, 4) is 0 Å². The molecule has 0 aliphatic carbocycles. The van der Waals surface area contributed by atoms with Crippen LogP contribution >= 0.6 is 22.9 Å². The Labute approximate surface area is 123 Å². The number of imide groups is 1. The molecule has 0 radical (unpaired) electrons. The predicted molar refractivity (Wildman–Crippen MR) is 75.5 cm³/mol. The maximum atomic E-state index is 12.0. The number of carbonyl (C=O) groups is 2. The molecule has 2 aromatic heterocycles. The Balaban J connectivity index is 1.86. The molecule has 1 saturated heterocycles. The fourth-order valence-corrected chi connectivity index (χ4v) is 3.61. The van der Waals surface area contributed by atoms with Gasteiger partial charge in [-0.05, 0) is 23.8 Å². The second-order valence-electron chi connectivity index (χ2n) is 4.62. The zero-order valence-electron chi connectivity index (χ0n) is 10.4. The van der Waals surface area contributed by atoms with E-state index in [0.29, 0.717) is 24.5 Å². The molecule has 1 aliphatic heterocycles. The van der Waals surface area contributed by atoms with Crippen LogP contribution in [-0.4, -0.2) is 33.4 Å². The highest BCUT2D eigenvalue weighted by Gasteiger charge is 2.34. The average molecular weight is 311 g/mol. The van der Waals surface area contributed by atoms with Gasteiger partial charge in [0, 0.05) is 12.5 Å². The molecule has 6 nitrogen and oxygen atoms in total. The molecular formula is C12H11ClN4O2S. The molecule has 1 aliphatic rings. The summed E-state index contributed by atoms with van der Waals surface area (Å²) in [6, 6.07) is -0.682. The normalized spacial score (nSPS) is 18.9. The van der Waals surface area contributed by atoms with E-state index in [2.05, 4.69) is 9.97 Å². The van der Waals surface area contributed by atoms with Crippen LogP contribution in [0, 0.1) is 5.92 Å². The number of nitrogens with zero attached hydrogens (tertiary/aromatic N) is 3. The molecule has 0 spiro atoms. The van der Waals surface area contributed by atoms with Gasteiger partial charge in [0.15, 0.2) is 0 Å². The van der Waals surface area contributed by atoms with E-state index in [4.69, 9.17) is 17.3 Å². The van der Waals surface area contributed by atoms with E-state index < -0.39 is 6.03 Å². The number of amides is 3. The number of urea groups is 1. The Morgan fingerprint density at radius 2 is 2.35 bits per heavy atom. The van der Waals surface area contributed by atoms with E-state index in [1.807, 2.05) is 5.38 Å². The molecule has 0 saturated carbocycles. The highest BCUT2D eigenvalue weighted by atomic mass is 35.5. The smallest absolute Gasteiger partial charge is 0.321 e. The molecule has 3 amide bonds. The zero-order valence-corrected chi connectivity index (χ0v) is 11.9. The number of halogens is 1. The predicted octanol–water partition coefficient (Wildman–Crippen LogP) is 1.81. The number of nitrogens with two attached hydrogens (primary N) is 1. The number of likely N-dealkylation sites (tertiary alicyclic amines) is 1. The number of aromatic nitrogens is 2. The van der Waals surface area contributed by atoms with Crippen LogP contribution in [0.2, 0.25) is 5.15 Å². The molecule has 0 bridgehead atoms. The lowest BCUT2D eigenvalue weighted by molar-refractivity contribution is -0.128. The number of thiophene rings is 1. The van der Waals surface area contributed by atoms with Gasteiger partial charge in [-0.15, -0.1) is 11.3 Å². The number of primary amides is 1. The molecule has 0 aromatic carbocycles. The molecule has 1 fully saturated rings. The first-order valence-corrected chi connectivity index (χ1v) is 7.31. The van der Waals surface area contributed by atoms with Crippen LogP contribution in [0.1, 0.15) is 12.0 Å². The van der Waals surface area contributed by atoms with Crippen molar-refractivity contribution in [2.75, 3.05) is 6.54 Å². The Kier molecular flexibility index (Phi) is 3.31. The molecule has 20 heavy (non-hydrogen) atoms. The second-order valence-corrected chi connectivity index (χ2v) is 5.86. The van der Waals surface area contributed by atoms with E-state index >= 15 is 0 Å². The SMILES string of the molecule is NC(=O)N1CCC(Cc2csc3c(Cl)ncnc23)C1=O. The van der Waals surface area contributed by atoms with Crippen molar-refractivity contribution in [2.24, 2.45) is 11.7 Å². The van der Waals surface area contributed by atoms with Gasteiger partial charge in [-0.25, -0.2) is 14.8 Å². The summed E-state index contributed by atoms with van der Waals surface area (Å²) >= 11 is 7.46. The van der Waals surface area contributed by atoms with Crippen molar-refractivity contribution in [3.63, 3.8) is 0 Å². The fraction of sp³-hybridized carbons (Fsp3) is 0.333. The largest absolute Gasteiger partial charge is 0.351 e. The van der Waals surface area contributed by atoms with Gasteiger partial charge in [0.1, 0.15) is 11.5 Å². The second kappa shape index (κ2) is 4.99. The first-order chi connectivity index (χ1) is 9.58. The zero-order chi connectivity index (χ0) is 14.3. The third kappa shape index (κ3) is 2.12. The van der Waals surface area contributed by atoms with Crippen LogP contribution in [0.15, 0.2) is 11.7 Å². The minimum Gasteiger partial charge on any atom is -0.351 e. The Bertz CT molecular complexity index is 702. The van der Waals surface area contributed by atoms with Gasteiger partial charge in [0.2, 0.25) is 5.91 Å². The van der Waals surface area contributed by atoms with E-state index in [9.17, 15) is 9.59 Å². The van der Waals surface area contributed by atoms with Crippen LogP contribution < -0.4 is 5.73 Å². The van der Waals surface area contributed by atoms with Gasteiger partial charge >= 0.3 is 6.03 Å². The maximum Gasteiger partial charge on any atom is 0.321 e. The summed E-state index contributed by atoms with van der Waals surface area (Å²) in [6.45, 7) is 0.386. The summed E-state index contributed by atoms with van der Waals surface area (Å²) in [5.41, 5.74) is 6.90. The molecule has 1 unspecified atom stereocenters. The lowest BCUT2D eigenvalue weighted by Gasteiger charge is -2.11. The van der Waals surface area contributed by atoms with Gasteiger partial charge in [0.05, 0.1) is 10.2 Å². The Morgan fingerprint density at radius 3 is 3.05 bits per heavy atom. The van der Waals surface area contributed by atoms with Crippen molar-refractivity contribution < 1.29 is 9.59 Å². The number of fused-ring (bicyclic) bond motifs is 1. The summed E-state index contributed by atoms with van der Waals surface area (Å²) < 4.78 is 0.821. The third-order valence-corrected chi connectivity index (χ3v) is 4.86. The minimum atomic E-state index is -0.682. The highest BCUT2D eigenvalue weighted by molar-refractivity contribution is 7.18. The molecule has 8 heteroatoms. The fourth-order valence-electron chi connectivity index (χ4n) is 2.43. The van der Waals surface area contributed by atoms with Crippen LogP contribution in [0.3, 0.4) is 0 Å². The van der Waals surface area contributed by atoms with E-state index in [0.717, 1.165) is 20.7 Å². The Morgan fingerprint density at radius 1 is 1.55 bits per heavy atom. The highest BCUT2D eigenvalue weighted by Crippen LogP contribution is 2.32. The first-order valence-electron chi connectivity index (χ1n) is 6.05. The monoisotopic (exact) mass is 310 g/mol. The number of carbonyl (C=O) groups excluding carboxylic acids is 2. The third-order valence-electron chi connectivity index (χ3n) is 3.43. The van der Waals surface area contributed by atoms with Crippen LogP contribution in [-0.2, 0) is 11.2 Å². The quantitative estimate of drug-likeness (QED) is 0.857. The van der Waals surface area contributed by atoms with Crippen LogP contribution in [0.25, 0.3) is 10.2 Å². The molecule has 2 aromatic rings. The lowest BCUT2D eigenvalue weighted by atomic mass is 9.99. The van der Waals surface area contributed by atoms with E-state index in [1.165, 1.54) is 17.7 Å². The topological polar surface area (TPSA) is 89.2 Å². The van der Waals surface area contributed by atoms with Gasteiger partial charge in [-0.3, -0.25) is 9.69 Å². The van der Waals surface area contributed by atoms with Crippen molar-refractivity contribution in [2.45, 2.75) is 12.8 Å². The van der Waals surface area contributed by atoms with Crippen LogP contribution in [0.5, 0.6) is 0 Å². The molecule has 3 heterocycles. The van der Waals surface area contributed by atoms with Crippen molar-refractivity contribution in [1.29, 1.82) is 0 Å². The molecule has 3 rings (SSSR count). The summed E-state index contributed by atoms with van der Waals surface area (Å²) in [7, 11) is 0. The Hall–Kier alpha value is -1.73. The van der Waals surface area contributed by atoms with Crippen molar-refractivity contribution >= 4 is 45.1 Å². The molecular weight excluding hydrogens is 300 g/mol. The van der Waals surface area contributed by atoms with Gasteiger partial charge in [-0.1, -0.05) is 11.6 Å². The summed E-state index contributed by atoms with van der Waals surface area (Å²) in [6.07, 6.45) is 2.57. The molecule has 2 N–H and O–H groups in total. The maximum absolute atomic E-state index is 12.0. The average Bonchev–Trinajstić information content (AvgIpc) is 2.97. The van der Waals surface area contributed by atoms with Crippen molar-refractivity contribution in [3.05, 3.63) is 22.4 Å². The number of hydrogen-bond donors (Lipinski definition) is 1. The minimum absolute atomic E-state index is 0.211. The van der Waals surface area contributed by atoms with Gasteiger partial charge in [-0.2, -0.15) is 0 Å². The molecule has 104 valence electrons. The van der Waals surface area contributed by atoms with Crippen LogP contribution in [0.4, 0.5) is 4.79 Å². The standard InChI is InChI=1S/C12H11ClN4O2S/c13-10-9-8(15-5-16-10)7(4-20-9)3-6-1-2-17(11(6)18)12(14)19/h4-6H,1-3H2,(H2,14,19). The molecule has 1 atom stereocenters. The van der Waals surface area contributed by atoms with Crippen molar-refractivity contribution in [1.82, 2.24) is 14.9 Å². The first kappa shape index (κ1) is 13.3. The lowest BCUT2D eigenvalue weighted by Crippen LogP contribution is -2.38.